The smallest absolute Gasteiger partial charge is 0.326 e. The van der Waals surface area contributed by atoms with Crippen LogP contribution in [0.2, 0.25) is 0 Å². The molecule has 2 aromatic carbocycles. The lowest BCUT2D eigenvalue weighted by atomic mass is 10.0. The summed E-state index contributed by atoms with van der Waals surface area (Å²) in [5.74, 6) is -3.00. The largest absolute Gasteiger partial charge is 0.508 e. The maximum Gasteiger partial charge on any atom is 0.326 e. The number of carbonyl (C=O) groups is 4. The van der Waals surface area contributed by atoms with Crippen molar-refractivity contribution in [3.05, 3.63) is 65.7 Å². The van der Waals surface area contributed by atoms with Crippen molar-refractivity contribution in [3.8, 4) is 5.75 Å². The molecule has 2 aromatic rings. The number of amides is 3. The van der Waals surface area contributed by atoms with Crippen LogP contribution in [0, 0.1) is 0 Å². The third-order valence-electron chi connectivity index (χ3n) is 6.02. The first-order valence-electron chi connectivity index (χ1n) is 12.7. The molecular weight excluding hydrogens is 522 g/mol. The number of nitrogens with two attached hydrogens (primary N) is 2. The SMILES string of the molecule is NCCCCC(NC(=O)C(Cc1ccccc1)NC(=O)C(N)CS)C(=O)NC(Cc1ccc(O)cc1)C(=O)O. The lowest BCUT2D eigenvalue weighted by molar-refractivity contribution is -0.142. The molecule has 0 spiro atoms. The fraction of sp³-hybridized carbons (Fsp3) is 0.407. The van der Waals surface area contributed by atoms with Crippen LogP contribution in [0.3, 0.4) is 0 Å². The van der Waals surface area contributed by atoms with E-state index in [1.807, 2.05) is 6.07 Å². The number of carbonyl (C=O) groups excluding carboxylic acids is 3. The Labute approximate surface area is 233 Å². The number of phenolic OH excluding ortho intramolecular Hbond substituents is 1. The van der Waals surface area contributed by atoms with Gasteiger partial charge in [-0.05, 0) is 49.1 Å². The van der Waals surface area contributed by atoms with Crippen LogP contribution in [0.4, 0.5) is 0 Å². The molecule has 0 aliphatic rings. The van der Waals surface area contributed by atoms with E-state index in [9.17, 15) is 29.4 Å². The van der Waals surface area contributed by atoms with Gasteiger partial charge in [0, 0.05) is 18.6 Å². The molecule has 2 rings (SSSR count). The van der Waals surface area contributed by atoms with Gasteiger partial charge >= 0.3 is 5.97 Å². The van der Waals surface area contributed by atoms with Crippen LogP contribution in [-0.4, -0.2) is 70.4 Å². The summed E-state index contributed by atoms with van der Waals surface area (Å²) in [6.45, 7) is 0.384. The van der Waals surface area contributed by atoms with Crippen molar-refractivity contribution >= 4 is 36.3 Å². The van der Waals surface area contributed by atoms with Crippen LogP contribution in [-0.2, 0) is 32.0 Å². The van der Waals surface area contributed by atoms with Gasteiger partial charge < -0.3 is 37.6 Å². The van der Waals surface area contributed by atoms with Gasteiger partial charge in [0.1, 0.15) is 23.9 Å². The first-order valence-corrected chi connectivity index (χ1v) is 13.3. The van der Waals surface area contributed by atoms with Gasteiger partial charge in [0.05, 0.1) is 6.04 Å². The number of unbranched alkanes of at least 4 members (excludes halogenated alkanes) is 1. The number of carboxylic acids is 1. The summed E-state index contributed by atoms with van der Waals surface area (Å²) in [5.41, 5.74) is 12.7. The summed E-state index contributed by atoms with van der Waals surface area (Å²) >= 11 is 4.04. The summed E-state index contributed by atoms with van der Waals surface area (Å²) in [7, 11) is 0. The zero-order valence-electron chi connectivity index (χ0n) is 21.6. The maximum absolute atomic E-state index is 13.4. The van der Waals surface area contributed by atoms with E-state index in [2.05, 4.69) is 28.6 Å². The number of aromatic hydroxyl groups is 1. The highest BCUT2D eigenvalue weighted by Crippen LogP contribution is 2.12. The fourth-order valence-electron chi connectivity index (χ4n) is 3.79. The van der Waals surface area contributed by atoms with Crippen LogP contribution in [0.5, 0.6) is 5.75 Å². The summed E-state index contributed by atoms with van der Waals surface area (Å²) in [6.07, 6.45) is 1.43. The Morgan fingerprint density at radius 2 is 1.31 bits per heavy atom. The molecule has 0 radical (unpaired) electrons. The van der Waals surface area contributed by atoms with Crippen molar-refractivity contribution in [3.63, 3.8) is 0 Å². The lowest BCUT2D eigenvalue weighted by Crippen LogP contribution is -2.58. The van der Waals surface area contributed by atoms with E-state index in [1.54, 1.807) is 36.4 Å². The molecule has 0 aliphatic heterocycles. The van der Waals surface area contributed by atoms with Gasteiger partial charge in [-0.15, -0.1) is 0 Å². The van der Waals surface area contributed by atoms with E-state index in [-0.39, 0.29) is 30.8 Å². The number of carboxylic acid groups (broad SMARTS) is 1. The highest BCUT2D eigenvalue weighted by atomic mass is 32.1. The maximum atomic E-state index is 13.4. The number of thiol groups is 1. The van der Waals surface area contributed by atoms with Gasteiger partial charge in [-0.1, -0.05) is 42.5 Å². The number of rotatable bonds is 16. The Kier molecular flexibility index (Phi) is 13.3. The Bertz CT molecular complexity index is 1090. The molecule has 4 unspecified atom stereocenters. The van der Waals surface area contributed by atoms with Crippen molar-refractivity contribution < 1.29 is 29.4 Å². The second-order valence-electron chi connectivity index (χ2n) is 9.16. The zero-order chi connectivity index (χ0) is 28.8. The molecule has 0 bridgehead atoms. The van der Waals surface area contributed by atoms with Crippen molar-refractivity contribution in [2.75, 3.05) is 12.3 Å². The van der Waals surface area contributed by atoms with E-state index < -0.39 is 47.9 Å². The summed E-state index contributed by atoms with van der Waals surface area (Å²) in [4.78, 5) is 51.0. The third kappa shape index (κ3) is 11.0. The van der Waals surface area contributed by atoms with Crippen molar-refractivity contribution in [1.82, 2.24) is 16.0 Å². The average molecular weight is 560 g/mol. The minimum Gasteiger partial charge on any atom is -0.508 e. The second kappa shape index (κ2) is 16.4. The zero-order valence-corrected chi connectivity index (χ0v) is 22.5. The van der Waals surface area contributed by atoms with E-state index in [0.29, 0.717) is 24.9 Å². The molecule has 4 atom stereocenters. The van der Waals surface area contributed by atoms with E-state index in [0.717, 1.165) is 5.56 Å². The molecule has 9 N–H and O–H groups in total. The first kappa shape index (κ1) is 31.6. The Morgan fingerprint density at radius 1 is 0.769 bits per heavy atom. The van der Waals surface area contributed by atoms with Crippen molar-refractivity contribution in [2.45, 2.75) is 56.3 Å². The van der Waals surface area contributed by atoms with Gasteiger partial charge in [0.25, 0.3) is 0 Å². The minimum absolute atomic E-state index is 0.0286. The van der Waals surface area contributed by atoms with Crippen molar-refractivity contribution in [2.24, 2.45) is 11.5 Å². The molecule has 0 aromatic heterocycles. The van der Waals surface area contributed by atoms with Crippen LogP contribution in [0.1, 0.15) is 30.4 Å². The van der Waals surface area contributed by atoms with Crippen LogP contribution in [0.25, 0.3) is 0 Å². The lowest BCUT2D eigenvalue weighted by Gasteiger charge is -2.25. The van der Waals surface area contributed by atoms with Crippen molar-refractivity contribution in [1.29, 1.82) is 0 Å². The van der Waals surface area contributed by atoms with Gasteiger partial charge in [-0.25, -0.2) is 4.79 Å². The van der Waals surface area contributed by atoms with Gasteiger partial charge in [-0.3, -0.25) is 14.4 Å². The highest BCUT2D eigenvalue weighted by molar-refractivity contribution is 7.80. The van der Waals surface area contributed by atoms with E-state index in [1.165, 1.54) is 12.1 Å². The molecule has 0 fully saturated rings. The van der Waals surface area contributed by atoms with Gasteiger partial charge in [-0.2, -0.15) is 12.6 Å². The van der Waals surface area contributed by atoms with Gasteiger partial charge in [0.2, 0.25) is 17.7 Å². The molecule has 212 valence electrons. The quantitative estimate of drug-likeness (QED) is 0.105. The Morgan fingerprint density at radius 3 is 1.90 bits per heavy atom. The van der Waals surface area contributed by atoms with E-state index in [4.69, 9.17) is 11.5 Å². The molecule has 0 aliphatic carbocycles. The predicted octanol–water partition coefficient (Wildman–Crippen LogP) is 0.103. The predicted molar refractivity (Wildman–Crippen MR) is 150 cm³/mol. The van der Waals surface area contributed by atoms with Crippen LogP contribution < -0.4 is 27.4 Å². The fourth-order valence-corrected chi connectivity index (χ4v) is 3.96. The topological polar surface area (TPSA) is 197 Å². The number of phenols is 1. The standard InChI is InChI=1S/C27H37N5O6S/c28-13-5-4-8-21(25(35)32-23(27(37)38)15-18-9-11-19(33)12-10-18)30-26(36)22(31-24(34)20(29)16-39)14-17-6-2-1-3-7-17/h1-3,6-7,9-12,20-23,33,39H,4-5,8,13-16,28-29H2,(H,30,36)(H,31,34)(H,32,35)(H,37,38). The first-order chi connectivity index (χ1) is 18.6. The Hall–Kier alpha value is -3.61. The molecular formula is C27H37N5O6S. The molecule has 12 heteroatoms. The van der Waals surface area contributed by atoms with Crippen LogP contribution >= 0.6 is 12.6 Å². The normalized spacial score (nSPS) is 13.9. The van der Waals surface area contributed by atoms with E-state index >= 15 is 0 Å². The average Bonchev–Trinajstić information content (AvgIpc) is 2.92. The minimum atomic E-state index is -1.27. The summed E-state index contributed by atoms with van der Waals surface area (Å²) in [5, 5.41) is 27.0. The van der Waals surface area contributed by atoms with Gasteiger partial charge in [0.15, 0.2) is 0 Å². The molecule has 0 saturated heterocycles. The molecule has 11 nitrogen and oxygen atoms in total. The number of nitrogens with one attached hydrogen (secondary N) is 3. The summed E-state index contributed by atoms with van der Waals surface area (Å²) in [6, 6.07) is 10.7. The summed E-state index contributed by atoms with van der Waals surface area (Å²) < 4.78 is 0. The van der Waals surface area contributed by atoms with Crippen LogP contribution in [0.15, 0.2) is 54.6 Å². The second-order valence-corrected chi connectivity index (χ2v) is 9.52. The number of aliphatic carboxylic acids is 1. The Balaban J connectivity index is 2.20. The third-order valence-corrected chi connectivity index (χ3v) is 6.41. The number of hydrogen-bond acceptors (Lipinski definition) is 8. The number of benzene rings is 2. The molecule has 0 heterocycles. The monoisotopic (exact) mass is 559 g/mol. The molecule has 3 amide bonds. The molecule has 0 saturated carbocycles. The highest BCUT2D eigenvalue weighted by Gasteiger charge is 2.30. The number of hydrogen-bond donors (Lipinski definition) is 8. The molecule has 39 heavy (non-hydrogen) atoms.